The molecule has 0 bridgehead atoms. The summed E-state index contributed by atoms with van der Waals surface area (Å²) in [6, 6.07) is 32.9. The Balaban J connectivity index is 1.77. The molecule has 0 aromatic heterocycles. The number of amides is 1. The third-order valence-corrected chi connectivity index (χ3v) is 5.62. The van der Waals surface area contributed by atoms with E-state index in [0.717, 1.165) is 16.8 Å². The zero-order chi connectivity index (χ0) is 18.3. The SMILES string of the molecule is O=C1Nc2ccccc2[C@]1(Cc1cccc2ccccc12)c1ccccc1. The Morgan fingerprint density at radius 2 is 1.41 bits per heavy atom. The number of anilines is 1. The van der Waals surface area contributed by atoms with E-state index in [2.05, 4.69) is 66.0 Å². The fourth-order valence-corrected chi connectivity index (χ4v) is 4.33. The van der Waals surface area contributed by atoms with Crippen LogP contribution in [0, 0.1) is 0 Å². The molecule has 2 heteroatoms. The molecule has 1 N–H and O–H groups in total. The number of carbonyl (C=O) groups excluding carboxylic acids is 1. The van der Waals surface area contributed by atoms with E-state index in [9.17, 15) is 4.79 Å². The minimum atomic E-state index is -0.720. The molecule has 0 fully saturated rings. The molecule has 4 aromatic rings. The number of para-hydroxylation sites is 1. The molecule has 2 nitrogen and oxygen atoms in total. The summed E-state index contributed by atoms with van der Waals surface area (Å²) in [7, 11) is 0. The Labute approximate surface area is 158 Å². The average Bonchev–Trinajstić information content (AvgIpc) is 3.01. The van der Waals surface area contributed by atoms with Gasteiger partial charge < -0.3 is 5.32 Å². The molecule has 1 aliphatic heterocycles. The Morgan fingerprint density at radius 1 is 0.704 bits per heavy atom. The number of hydrogen-bond donors (Lipinski definition) is 1. The van der Waals surface area contributed by atoms with Gasteiger partial charge in [-0.2, -0.15) is 0 Å². The number of nitrogens with one attached hydrogen (secondary N) is 1. The van der Waals surface area contributed by atoms with Gasteiger partial charge in [0.2, 0.25) is 5.91 Å². The van der Waals surface area contributed by atoms with Gasteiger partial charge in [-0.1, -0.05) is 91.0 Å². The lowest BCUT2D eigenvalue weighted by Crippen LogP contribution is -2.38. The molecule has 1 aliphatic rings. The van der Waals surface area contributed by atoms with E-state index in [0.29, 0.717) is 6.42 Å². The van der Waals surface area contributed by atoms with Gasteiger partial charge in [0.25, 0.3) is 0 Å². The second kappa shape index (κ2) is 6.10. The van der Waals surface area contributed by atoms with Crippen LogP contribution in [0.25, 0.3) is 10.8 Å². The van der Waals surface area contributed by atoms with Crippen molar-refractivity contribution in [1.29, 1.82) is 0 Å². The average molecular weight is 349 g/mol. The maximum absolute atomic E-state index is 13.4. The zero-order valence-corrected chi connectivity index (χ0v) is 14.9. The first-order valence-electron chi connectivity index (χ1n) is 9.22. The second-order valence-electron chi connectivity index (χ2n) is 7.09. The summed E-state index contributed by atoms with van der Waals surface area (Å²) in [5.41, 5.74) is 3.45. The minimum Gasteiger partial charge on any atom is -0.325 e. The predicted octanol–water partition coefficient (Wildman–Crippen LogP) is 5.32. The molecule has 130 valence electrons. The van der Waals surface area contributed by atoms with Gasteiger partial charge in [-0.3, -0.25) is 4.79 Å². The standard InChI is InChI=1S/C25H19NO/c27-24-25(20-12-2-1-3-13-20,22-15-6-7-16-23(22)26-24)17-19-11-8-10-18-9-4-5-14-21(18)19/h1-16H,17H2,(H,26,27)/t25-/m0/s1. The van der Waals surface area contributed by atoms with Crippen molar-refractivity contribution in [1.82, 2.24) is 0 Å². The largest absolute Gasteiger partial charge is 0.325 e. The molecule has 0 unspecified atom stereocenters. The van der Waals surface area contributed by atoms with Crippen molar-refractivity contribution in [2.45, 2.75) is 11.8 Å². The lowest BCUT2D eigenvalue weighted by atomic mass is 9.71. The number of carbonyl (C=O) groups is 1. The van der Waals surface area contributed by atoms with Crippen LogP contribution in [0.2, 0.25) is 0 Å². The Bertz CT molecular complexity index is 1140. The molecule has 1 amide bonds. The monoisotopic (exact) mass is 349 g/mol. The van der Waals surface area contributed by atoms with E-state index in [1.54, 1.807) is 0 Å². The predicted molar refractivity (Wildman–Crippen MR) is 110 cm³/mol. The molecule has 1 heterocycles. The van der Waals surface area contributed by atoms with E-state index in [1.807, 2.05) is 36.4 Å². The van der Waals surface area contributed by atoms with E-state index in [-0.39, 0.29) is 5.91 Å². The minimum absolute atomic E-state index is 0.0443. The van der Waals surface area contributed by atoms with Crippen LogP contribution < -0.4 is 5.32 Å². The number of fused-ring (bicyclic) bond motifs is 2. The van der Waals surface area contributed by atoms with Crippen LogP contribution in [0.4, 0.5) is 5.69 Å². The molecule has 0 saturated heterocycles. The van der Waals surface area contributed by atoms with Crippen LogP contribution in [-0.2, 0) is 16.6 Å². The highest BCUT2D eigenvalue weighted by molar-refractivity contribution is 6.09. The van der Waals surface area contributed by atoms with E-state index in [4.69, 9.17) is 0 Å². The highest BCUT2D eigenvalue weighted by Gasteiger charge is 2.48. The molecular formula is C25H19NO. The molecule has 0 aliphatic carbocycles. The summed E-state index contributed by atoms with van der Waals surface area (Å²) >= 11 is 0. The maximum Gasteiger partial charge on any atom is 0.239 e. The van der Waals surface area contributed by atoms with E-state index < -0.39 is 5.41 Å². The Kier molecular flexibility index (Phi) is 3.58. The molecule has 4 aromatic carbocycles. The van der Waals surface area contributed by atoms with Crippen molar-refractivity contribution in [3.05, 3.63) is 114 Å². The number of rotatable bonds is 3. The molecule has 0 saturated carbocycles. The molecule has 0 spiro atoms. The van der Waals surface area contributed by atoms with Gasteiger partial charge in [-0.25, -0.2) is 0 Å². The molecule has 5 rings (SSSR count). The van der Waals surface area contributed by atoms with Crippen molar-refractivity contribution in [2.75, 3.05) is 5.32 Å². The topological polar surface area (TPSA) is 29.1 Å². The van der Waals surface area contributed by atoms with Crippen LogP contribution in [0.15, 0.2) is 97.1 Å². The number of hydrogen-bond acceptors (Lipinski definition) is 1. The summed E-state index contributed by atoms with van der Waals surface area (Å²) < 4.78 is 0. The van der Waals surface area contributed by atoms with Gasteiger partial charge in [0.15, 0.2) is 0 Å². The Morgan fingerprint density at radius 3 is 2.30 bits per heavy atom. The first-order chi connectivity index (χ1) is 13.3. The summed E-state index contributed by atoms with van der Waals surface area (Å²) in [5.74, 6) is 0.0443. The number of benzene rings is 4. The van der Waals surface area contributed by atoms with Crippen molar-refractivity contribution < 1.29 is 4.79 Å². The van der Waals surface area contributed by atoms with Gasteiger partial charge in [0, 0.05) is 5.69 Å². The van der Waals surface area contributed by atoms with Crippen LogP contribution in [0.3, 0.4) is 0 Å². The molecule has 27 heavy (non-hydrogen) atoms. The van der Waals surface area contributed by atoms with Gasteiger partial charge in [0.1, 0.15) is 5.41 Å². The third kappa shape index (κ3) is 2.37. The fourth-order valence-electron chi connectivity index (χ4n) is 4.33. The van der Waals surface area contributed by atoms with E-state index >= 15 is 0 Å². The van der Waals surface area contributed by atoms with Crippen molar-refractivity contribution in [3.63, 3.8) is 0 Å². The van der Waals surface area contributed by atoms with Crippen molar-refractivity contribution in [2.24, 2.45) is 0 Å². The summed E-state index contributed by atoms with van der Waals surface area (Å²) in [5, 5.41) is 5.52. The van der Waals surface area contributed by atoms with Gasteiger partial charge in [-0.15, -0.1) is 0 Å². The normalized spacial score (nSPS) is 18.3. The van der Waals surface area contributed by atoms with Gasteiger partial charge in [0.05, 0.1) is 0 Å². The van der Waals surface area contributed by atoms with Crippen molar-refractivity contribution in [3.8, 4) is 0 Å². The third-order valence-electron chi connectivity index (χ3n) is 5.62. The highest BCUT2D eigenvalue weighted by atomic mass is 16.2. The van der Waals surface area contributed by atoms with Crippen LogP contribution in [0.5, 0.6) is 0 Å². The quantitative estimate of drug-likeness (QED) is 0.533. The van der Waals surface area contributed by atoms with Gasteiger partial charge in [-0.05, 0) is 39.9 Å². The fraction of sp³-hybridized carbons (Fsp3) is 0.0800. The molecule has 1 atom stereocenters. The van der Waals surface area contributed by atoms with Crippen LogP contribution in [0.1, 0.15) is 16.7 Å². The summed E-state index contributed by atoms with van der Waals surface area (Å²) in [6.07, 6.45) is 0.626. The lowest BCUT2D eigenvalue weighted by molar-refractivity contribution is -0.119. The highest BCUT2D eigenvalue weighted by Crippen LogP contribution is 2.45. The lowest BCUT2D eigenvalue weighted by Gasteiger charge is -2.29. The van der Waals surface area contributed by atoms with E-state index in [1.165, 1.54) is 16.3 Å². The first kappa shape index (κ1) is 15.8. The first-order valence-corrected chi connectivity index (χ1v) is 9.22. The van der Waals surface area contributed by atoms with Crippen molar-refractivity contribution >= 4 is 22.4 Å². The maximum atomic E-state index is 13.4. The van der Waals surface area contributed by atoms with Gasteiger partial charge >= 0.3 is 0 Å². The zero-order valence-electron chi connectivity index (χ0n) is 14.9. The van der Waals surface area contributed by atoms with Crippen LogP contribution >= 0.6 is 0 Å². The molecular weight excluding hydrogens is 330 g/mol. The van der Waals surface area contributed by atoms with Crippen LogP contribution in [-0.4, -0.2) is 5.91 Å². The summed E-state index contributed by atoms with van der Waals surface area (Å²) in [6.45, 7) is 0. The summed E-state index contributed by atoms with van der Waals surface area (Å²) in [4.78, 5) is 13.4. The second-order valence-corrected chi connectivity index (χ2v) is 7.09. The molecule has 0 radical (unpaired) electrons. The Hall–Kier alpha value is -3.39. The smallest absolute Gasteiger partial charge is 0.239 e.